The maximum Gasteiger partial charge on any atom is 0.217 e. The van der Waals surface area contributed by atoms with Gasteiger partial charge in [0.05, 0.1) is 18.4 Å². The molecule has 0 radical (unpaired) electrons. The summed E-state index contributed by atoms with van der Waals surface area (Å²) < 4.78 is 25.8. The second-order valence-corrected chi connectivity index (χ2v) is 9.80. The normalized spacial score (nSPS) is 14.8. The summed E-state index contributed by atoms with van der Waals surface area (Å²) in [5.74, 6) is -0.274. The van der Waals surface area contributed by atoms with Crippen molar-refractivity contribution in [3.63, 3.8) is 0 Å². The van der Waals surface area contributed by atoms with E-state index in [1.165, 1.54) is 11.2 Å². The summed E-state index contributed by atoms with van der Waals surface area (Å²) in [7, 11) is -3.53. The quantitative estimate of drug-likeness (QED) is 0.508. The van der Waals surface area contributed by atoms with Crippen molar-refractivity contribution in [3.05, 3.63) is 35.9 Å². The van der Waals surface area contributed by atoms with Gasteiger partial charge in [0.25, 0.3) is 0 Å². The highest BCUT2D eigenvalue weighted by atomic mass is 32.2. The van der Waals surface area contributed by atoms with Gasteiger partial charge in [-0.2, -0.15) is 4.31 Å². The van der Waals surface area contributed by atoms with Crippen molar-refractivity contribution >= 4 is 15.9 Å². The van der Waals surface area contributed by atoms with E-state index >= 15 is 0 Å². The molecule has 1 rings (SSSR count). The van der Waals surface area contributed by atoms with Crippen molar-refractivity contribution in [1.82, 2.24) is 9.62 Å². The zero-order valence-electron chi connectivity index (χ0n) is 16.7. The number of benzene rings is 1. The lowest BCUT2D eigenvalue weighted by molar-refractivity contribution is -0.120. The van der Waals surface area contributed by atoms with Gasteiger partial charge in [-0.1, -0.05) is 44.2 Å². The van der Waals surface area contributed by atoms with Gasteiger partial charge < -0.3 is 16.2 Å². The molecule has 0 spiro atoms. The number of aliphatic hydroxyl groups is 1. The van der Waals surface area contributed by atoms with E-state index in [0.29, 0.717) is 19.4 Å². The second-order valence-electron chi connectivity index (χ2n) is 7.82. The van der Waals surface area contributed by atoms with Crippen LogP contribution in [0, 0.1) is 5.41 Å². The van der Waals surface area contributed by atoms with Gasteiger partial charge in [-0.05, 0) is 30.4 Å². The smallest absolute Gasteiger partial charge is 0.217 e. The maximum atomic E-state index is 12.2. The highest BCUT2D eigenvalue weighted by Gasteiger charge is 2.31. The molecule has 8 heteroatoms. The monoisotopic (exact) mass is 399 g/mol. The van der Waals surface area contributed by atoms with Crippen molar-refractivity contribution in [2.45, 2.75) is 45.8 Å². The van der Waals surface area contributed by atoms with Crippen LogP contribution in [0.3, 0.4) is 0 Å². The van der Waals surface area contributed by atoms with Crippen LogP contribution in [0.15, 0.2) is 30.3 Å². The van der Waals surface area contributed by atoms with Gasteiger partial charge >= 0.3 is 0 Å². The van der Waals surface area contributed by atoms with E-state index in [1.54, 1.807) is 0 Å². The van der Waals surface area contributed by atoms with E-state index < -0.39 is 22.2 Å². The summed E-state index contributed by atoms with van der Waals surface area (Å²) in [5, 5.41) is 13.5. The molecule has 1 amide bonds. The molecule has 0 aliphatic rings. The lowest BCUT2D eigenvalue weighted by atomic mass is 9.89. The third-order valence-corrected chi connectivity index (χ3v) is 5.65. The first kappa shape index (κ1) is 23.6. The first-order valence-corrected chi connectivity index (χ1v) is 10.9. The Bertz CT molecular complexity index is 692. The zero-order valence-corrected chi connectivity index (χ0v) is 17.5. The number of aliphatic hydroxyl groups excluding tert-OH is 1. The fraction of sp³-hybridized carbons (Fsp3) is 0.632. The minimum atomic E-state index is -3.53. The Morgan fingerprint density at radius 1 is 1.30 bits per heavy atom. The van der Waals surface area contributed by atoms with E-state index in [0.717, 1.165) is 11.8 Å². The molecule has 0 heterocycles. The maximum absolute atomic E-state index is 12.2. The van der Waals surface area contributed by atoms with Gasteiger partial charge in [-0.25, -0.2) is 8.42 Å². The fourth-order valence-electron chi connectivity index (χ4n) is 3.01. The van der Waals surface area contributed by atoms with Crippen molar-refractivity contribution < 1.29 is 18.3 Å². The summed E-state index contributed by atoms with van der Waals surface area (Å²) >= 11 is 0. The molecule has 4 N–H and O–H groups in total. The Kier molecular flexibility index (Phi) is 8.87. The topological polar surface area (TPSA) is 113 Å². The van der Waals surface area contributed by atoms with Gasteiger partial charge in [0.2, 0.25) is 15.9 Å². The van der Waals surface area contributed by atoms with Gasteiger partial charge in [-0.3, -0.25) is 4.79 Å². The molecule has 0 bridgehead atoms. The average molecular weight is 400 g/mol. The van der Waals surface area contributed by atoms with Crippen molar-refractivity contribution in [2.75, 3.05) is 25.9 Å². The molecule has 1 aromatic carbocycles. The summed E-state index contributed by atoms with van der Waals surface area (Å²) in [5.41, 5.74) is 6.25. The van der Waals surface area contributed by atoms with E-state index in [9.17, 15) is 18.3 Å². The number of nitrogens with two attached hydrogens (primary N) is 1. The number of carbonyl (C=O) groups excluding carboxylic acids is 1. The van der Waals surface area contributed by atoms with Crippen molar-refractivity contribution in [1.29, 1.82) is 0 Å². The van der Waals surface area contributed by atoms with Crippen LogP contribution in [0.5, 0.6) is 0 Å². The van der Waals surface area contributed by atoms with E-state index in [2.05, 4.69) is 5.32 Å². The molecule has 27 heavy (non-hydrogen) atoms. The lowest BCUT2D eigenvalue weighted by Gasteiger charge is -2.34. The molecule has 0 aliphatic heterocycles. The third-order valence-electron chi connectivity index (χ3n) is 4.44. The Morgan fingerprint density at radius 2 is 1.89 bits per heavy atom. The highest BCUT2D eigenvalue weighted by molar-refractivity contribution is 7.88. The Labute approximate surface area is 163 Å². The zero-order chi connectivity index (χ0) is 20.7. The largest absolute Gasteiger partial charge is 0.390 e. The molecule has 0 fully saturated rings. The number of nitrogens with zero attached hydrogens (tertiary/aromatic N) is 1. The summed E-state index contributed by atoms with van der Waals surface area (Å²) in [6, 6.07) is 8.86. The fourth-order valence-corrected chi connectivity index (χ4v) is 4.02. The molecule has 0 unspecified atom stereocenters. The Balaban J connectivity index is 2.96. The van der Waals surface area contributed by atoms with Crippen LogP contribution in [0.1, 0.15) is 32.8 Å². The van der Waals surface area contributed by atoms with Crippen LogP contribution >= 0.6 is 0 Å². The molecule has 1 aromatic rings. The van der Waals surface area contributed by atoms with Crippen LogP contribution in [0.25, 0.3) is 0 Å². The van der Waals surface area contributed by atoms with Crippen LogP contribution in [-0.2, 0) is 21.2 Å². The molecule has 7 nitrogen and oxygen atoms in total. The molecule has 0 saturated heterocycles. The number of rotatable bonds is 11. The SMILES string of the molecule is CC(=O)N[C@@H](Cc1ccccc1)[C@H](O)CN(CC(C)(C)CCN)S(C)(=O)=O. The standard InChI is InChI=1S/C19H33N3O4S/c1-15(23)21-17(12-16-8-6-5-7-9-16)18(24)13-22(27(4,25)26)14-19(2,3)10-11-20/h5-9,17-18,24H,10-14,20H2,1-4H3,(H,21,23)/t17-,18+/m0/s1. The van der Waals surface area contributed by atoms with Crippen molar-refractivity contribution in [2.24, 2.45) is 11.1 Å². The second kappa shape index (κ2) is 10.2. The van der Waals surface area contributed by atoms with Crippen LogP contribution < -0.4 is 11.1 Å². The van der Waals surface area contributed by atoms with Crippen LogP contribution in [0.2, 0.25) is 0 Å². The number of hydrogen-bond donors (Lipinski definition) is 3. The summed E-state index contributed by atoms with van der Waals surface area (Å²) in [4.78, 5) is 11.6. The number of sulfonamides is 1. The van der Waals surface area contributed by atoms with Crippen LogP contribution in [0.4, 0.5) is 0 Å². The third kappa shape index (κ3) is 8.83. The van der Waals surface area contributed by atoms with E-state index in [4.69, 9.17) is 5.73 Å². The lowest BCUT2D eigenvalue weighted by Crippen LogP contribution is -2.51. The number of nitrogens with one attached hydrogen (secondary N) is 1. The molecule has 2 atom stereocenters. The number of carbonyl (C=O) groups is 1. The first-order chi connectivity index (χ1) is 12.4. The Hall–Kier alpha value is -1.48. The Morgan fingerprint density at radius 3 is 2.37 bits per heavy atom. The van der Waals surface area contributed by atoms with E-state index in [-0.39, 0.29) is 24.4 Å². The predicted molar refractivity (Wildman–Crippen MR) is 108 cm³/mol. The molecule has 0 aromatic heterocycles. The predicted octanol–water partition coefficient (Wildman–Crippen LogP) is 0.731. The summed E-state index contributed by atoms with van der Waals surface area (Å²) in [6.07, 6.45) is 1.15. The molecule has 0 saturated carbocycles. The van der Waals surface area contributed by atoms with Gasteiger partial charge in [0.15, 0.2) is 0 Å². The van der Waals surface area contributed by atoms with E-state index in [1.807, 2.05) is 44.2 Å². The average Bonchev–Trinajstić information content (AvgIpc) is 2.53. The molecule has 154 valence electrons. The molecule has 0 aliphatic carbocycles. The molecular weight excluding hydrogens is 366 g/mol. The number of hydrogen-bond acceptors (Lipinski definition) is 5. The van der Waals surface area contributed by atoms with Gasteiger partial charge in [0.1, 0.15) is 0 Å². The molecular formula is C19H33N3O4S. The van der Waals surface area contributed by atoms with Crippen molar-refractivity contribution in [3.8, 4) is 0 Å². The van der Waals surface area contributed by atoms with Gasteiger partial charge in [0, 0.05) is 20.0 Å². The first-order valence-electron chi connectivity index (χ1n) is 9.09. The van der Waals surface area contributed by atoms with Gasteiger partial charge in [-0.15, -0.1) is 0 Å². The number of amides is 1. The minimum absolute atomic E-state index is 0.0926. The van der Waals surface area contributed by atoms with Crippen LogP contribution in [-0.4, -0.2) is 61.8 Å². The highest BCUT2D eigenvalue weighted by Crippen LogP contribution is 2.23. The minimum Gasteiger partial charge on any atom is -0.390 e. The summed E-state index contributed by atoms with van der Waals surface area (Å²) in [6.45, 7) is 5.88.